The predicted octanol–water partition coefficient (Wildman–Crippen LogP) is -0.197. The molecular weight excluding hydrogens is 206 g/mol. The van der Waals surface area contributed by atoms with Crippen LogP contribution in [-0.2, 0) is 0 Å². The third-order valence-electron chi connectivity index (χ3n) is 2.69. The first-order valence-corrected chi connectivity index (χ1v) is 5.10. The molecule has 16 heavy (non-hydrogen) atoms. The summed E-state index contributed by atoms with van der Waals surface area (Å²) in [6.45, 7) is 2.46. The van der Waals surface area contributed by atoms with E-state index in [0.29, 0.717) is 24.5 Å². The molecule has 84 valence electrons. The van der Waals surface area contributed by atoms with Crippen LogP contribution in [0.2, 0.25) is 0 Å². The highest BCUT2D eigenvalue weighted by atomic mass is 16.3. The minimum Gasteiger partial charge on any atom is -0.389 e. The molecule has 5 heteroatoms. The lowest BCUT2D eigenvalue weighted by molar-refractivity contribution is 0.0572. The van der Waals surface area contributed by atoms with Crippen LogP contribution >= 0.6 is 0 Å². The Morgan fingerprint density at radius 1 is 1.38 bits per heavy atom. The fraction of sp³-hybridized carbons (Fsp3) is 0.455. The molecule has 0 saturated carbocycles. The van der Waals surface area contributed by atoms with Gasteiger partial charge in [-0.05, 0) is 19.1 Å². The number of anilines is 1. The van der Waals surface area contributed by atoms with Gasteiger partial charge >= 0.3 is 0 Å². The molecule has 0 amide bonds. The van der Waals surface area contributed by atoms with Crippen LogP contribution in [0.3, 0.4) is 0 Å². The van der Waals surface area contributed by atoms with Gasteiger partial charge in [0.15, 0.2) is 0 Å². The van der Waals surface area contributed by atoms with Crippen LogP contribution in [0, 0.1) is 18.3 Å². The molecule has 0 spiro atoms. The maximum absolute atomic E-state index is 9.46. The Balaban J connectivity index is 2.34. The number of aliphatic hydroxyl groups is 2. The van der Waals surface area contributed by atoms with E-state index in [1.165, 1.54) is 0 Å². The number of hydrogen-bond acceptors (Lipinski definition) is 5. The predicted molar refractivity (Wildman–Crippen MR) is 57.9 cm³/mol. The second-order valence-electron chi connectivity index (χ2n) is 3.98. The smallest absolute Gasteiger partial charge is 0.146 e. The maximum atomic E-state index is 9.46. The molecule has 1 saturated heterocycles. The average molecular weight is 219 g/mol. The Bertz CT molecular complexity index is 431. The summed E-state index contributed by atoms with van der Waals surface area (Å²) in [6.07, 6.45) is -1.54. The molecule has 0 bridgehead atoms. The van der Waals surface area contributed by atoms with E-state index in [9.17, 15) is 10.2 Å². The summed E-state index contributed by atoms with van der Waals surface area (Å²) >= 11 is 0. The van der Waals surface area contributed by atoms with Crippen LogP contribution in [0.4, 0.5) is 5.82 Å². The Hall–Kier alpha value is -1.64. The number of rotatable bonds is 1. The van der Waals surface area contributed by atoms with E-state index >= 15 is 0 Å². The van der Waals surface area contributed by atoms with Gasteiger partial charge in [-0.15, -0.1) is 0 Å². The topological polar surface area (TPSA) is 80.4 Å². The highest BCUT2D eigenvalue weighted by molar-refractivity contribution is 5.55. The highest BCUT2D eigenvalue weighted by Gasteiger charge is 2.31. The monoisotopic (exact) mass is 219 g/mol. The molecule has 2 unspecified atom stereocenters. The quantitative estimate of drug-likeness (QED) is 0.684. The zero-order valence-corrected chi connectivity index (χ0v) is 8.96. The third kappa shape index (κ3) is 1.85. The first kappa shape index (κ1) is 10.9. The van der Waals surface area contributed by atoms with Crippen LogP contribution in [0.5, 0.6) is 0 Å². The van der Waals surface area contributed by atoms with Crippen LogP contribution in [0.1, 0.15) is 11.3 Å². The van der Waals surface area contributed by atoms with Gasteiger partial charge < -0.3 is 15.1 Å². The lowest BCUT2D eigenvalue weighted by Crippen LogP contribution is -2.23. The minimum absolute atomic E-state index is 0.312. The number of aromatic nitrogens is 1. The van der Waals surface area contributed by atoms with Crippen molar-refractivity contribution in [3.63, 3.8) is 0 Å². The lowest BCUT2D eigenvalue weighted by atomic mass is 10.2. The van der Waals surface area contributed by atoms with Gasteiger partial charge in [-0.1, -0.05) is 0 Å². The Kier molecular flexibility index (Phi) is 2.77. The van der Waals surface area contributed by atoms with E-state index in [1.807, 2.05) is 6.92 Å². The van der Waals surface area contributed by atoms with E-state index < -0.39 is 12.2 Å². The van der Waals surface area contributed by atoms with Gasteiger partial charge in [-0.3, -0.25) is 0 Å². The van der Waals surface area contributed by atoms with Gasteiger partial charge in [0, 0.05) is 18.8 Å². The van der Waals surface area contributed by atoms with Crippen molar-refractivity contribution >= 4 is 5.82 Å². The van der Waals surface area contributed by atoms with Crippen LogP contribution in [0.15, 0.2) is 12.1 Å². The Morgan fingerprint density at radius 2 is 2.00 bits per heavy atom. The van der Waals surface area contributed by atoms with Crippen molar-refractivity contribution in [2.75, 3.05) is 18.0 Å². The molecular formula is C11H13N3O2. The molecule has 0 aromatic carbocycles. The zero-order chi connectivity index (χ0) is 11.7. The standard InChI is InChI=1S/C11H13N3O2/c1-7-2-3-8(4-12)11(13-7)14-5-9(15)10(16)6-14/h2-3,9-10,15-16H,5-6H2,1H3. The summed E-state index contributed by atoms with van der Waals surface area (Å²) in [4.78, 5) is 6.01. The Labute approximate surface area is 93.6 Å². The van der Waals surface area contributed by atoms with Gasteiger partial charge in [0.1, 0.15) is 11.9 Å². The molecule has 2 rings (SSSR count). The fourth-order valence-electron chi connectivity index (χ4n) is 1.81. The number of β-amino-alcohol motifs (C(OH)–C–C–N with tert-alkyl or cyclic N) is 2. The second-order valence-corrected chi connectivity index (χ2v) is 3.98. The molecule has 1 aromatic rings. The third-order valence-corrected chi connectivity index (χ3v) is 2.69. The van der Waals surface area contributed by atoms with Crippen molar-refractivity contribution in [2.24, 2.45) is 0 Å². The summed E-state index contributed by atoms with van der Waals surface area (Å²) in [5.74, 6) is 0.540. The van der Waals surface area contributed by atoms with Gasteiger partial charge in [-0.25, -0.2) is 4.98 Å². The average Bonchev–Trinajstić information content (AvgIpc) is 2.59. The van der Waals surface area contributed by atoms with Crippen molar-refractivity contribution in [2.45, 2.75) is 19.1 Å². The lowest BCUT2D eigenvalue weighted by Gasteiger charge is -2.17. The van der Waals surface area contributed by atoms with Gasteiger partial charge in [0.2, 0.25) is 0 Å². The van der Waals surface area contributed by atoms with Gasteiger partial charge in [-0.2, -0.15) is 5.26 Å². The molecule has 2 N–H and O–H groups in total. The van der Waals surface area contributed by atoms with E-state index in [4.69, 9.17) is 5.26 Å². The zero-order valence-electron chi connectivity index (χ0n) is 8.96. The highest BCUT2D eigenvalue weighted by Crippen LogP contribution is 2.22. The number of hydrogen-bond donors (Lipinski definition) is 2. The molecule has 2 atom stereocenters. The molecule has 1 aromatic heterocycles. The second kappa shape index (κ2) is 4.08. The number of aliphatic hydroxyl groups excluding tert-OH is 2. The summed E-state index contributed by atoms with van der Waals surface area (Å²) in [5, 5.41) is 27.9. The van der Waals surface area contributed by atoms with Crippen molar-refractivity contribution in [1.82, 2.24) is 4.98 Å². The molecule has 1 aliphatic heterocycles. The number of aryl methyl sites for hydroxylation is 1. The SMILES string of the molecule is Cc1ccc(C#N)c(N2CC(O)C(O)C2)n1. The van der Waals surface area contributed by atoms with Crippen molar-refractivity contribution in [3.05, 3.63) is 23.4 Å². The molecule has 0 aliphatic carbocycles. The number of nitriles is 1. The van der Waals surface area contributed by atoms with E-state index in [-0.39, 0.29) is 0 Å². The normalized spacial score (nSPS) is 24.5. The molecule has 1 fully saturated rings. The molecule has 2 heterocycles. The molecule has 0 radical (unpaired) electrons. The molecule has 1 aliphatic rings. The van der Waals surface area contributed by atoms with Gasteiger partial charge in [0.05, 0.1) is 17.8 Å². The van der Waals surface area contributed by atoms with E-state index in [2.05, 4.69) is 11.1 Å². The number of pyridine rings is 1. The van der Waals surface area contributed by atoms with Crippen molar-refractivity contribution in [3.8, 4) is 6.07 Å². The number of nitrogens with zero attached hydrogens (tertiary/aromatic N) is 3. The van der Waals surface area contributed by atoms with Crippen LogP contribution in [0.25, 0.3) is 0 Å². The largest absolute Gasteiger partial charge is 0.389 e. The van der Waals surface area contributed by atoms with E-state index in [1.54, 1.807) is 17.0 Å². The fourth-order valence-corrected chi connectivity index (χ4v) is 1.81. The summed E-state index contributed by atoms with van der Waals surface area (Å²) in [5.41, 5.74) is 1.27. The van der Waals surface area contributed by atoms with Crippen LogP contribution < -0.4 is 4.90 Å². The molecule has 5 nitrogen and oxygen atoms in total. The summed E-state index contributed by atoms with van der Waals surface area (Å²) < 4.78 is 0. The minimum atomic E-state index is -0.770. The van der Waals surface area contributed by atoms with Crippen molar-refractivity contribution < 1.29 is 10.2 Å². The first-order chi connectivity index (χ1) is 7.61. The summed E-state index contributed by atoms with van der Waals surface area (Å²) in [6, 6.07) is 5.53. The Morgan fingerprint density at radius 3 is 2.56 bits per heavy atom. The van der Waals surface area contributed by atoms with Crippen molar-refractivity contribution in [1.29, 1.82) is 5.26 Å². The van der Waals surface area contributed by atoms with Gasteiger partial charge in [0.25, 0.3) is 0 Å². The summed E-state index contributed by atoms with van der Waals surface area (Å²) in [7, 11) is 0. The maximum Gasteiger partial charge on any atom is 0.146 e. The van der Waals surface area contributed by atoms with Crippen LogP contribution in [-0.4, -0.2) is 40.5 Å². The van der Waals surface area contributed by atoms with E-state index in [0.717, 1.165) is 5.69 Å². The first-order valence-electron chi connectivity index (χ1n) is 5.10.